The molecule has 1 aliphatic heterocycles. The van der Waals surface area contributed by atoms with Crippen molar-refractivity contribution in [1.29, 1.82) is 0 Å². The Kier molecular flexibility index (Phi) is 7.12. The molecule has 3 aromatic rings. The van der Waals surface area contributed by atoms with E-state index in [0.29, 0.717) is 16.7 Å². The van der Waals surface area contributed by atoms with Gasteiger partial charge in [0.1, 0.15) is 0 Å². The zero-order valence-corrected chi connectivity index (χ0v) is 17.7. The average molecular weight is 446 g/mol. The predicted octanol–water partition coefficient (Wildman–Crippen LogP) is 3.69. The number of rotatable bonds is 6. The first-order valence-electron chi connectivity index (χ1n) is 10.5. The zero-order valence-electron chi connectivity index (χ0n) is 17.7. The molecule has 168 valence electrons. The number of carbonyl (C=O) groups excluding carboxylic acids is 3. The van der Waals surface area contributed by atoms with Crippen LogP contribution in [0.3, 0.4) is 0 Å². The van der Waals surface area contributed by atoms with Crippen molar-refractivity contribution in [3.8, 4) is 0 Å². The molecule has 0 amide bonds. The molecule has 7 nitrogen and oxygen atoms in total. The highest BCUT2D eigenvalue weighted by atomic mass is 16.6. The number of carbonyl (C=O) groups is 3. The van der Waals surface area contributed by atoms with Crippen molar-refractivity contribution in [3.63, 3.8) is 0 Å². The van der Waals surface area contributed by atoms with Crippen molar-refractivity contribution < 1.29 is 33.3 Å². The van der Waals surface area contributed by atoms with Crippen LogP contribution in [-0.4, -0.2) is 49.4 Å². The lowest BCUT2D eigenvalue weighted by Crippen LogP contribution is -2.53. The average Bonchev–Trinajstić information content (AvgIpc) is 2.87. The minimum atomic E-state index is -1.05. The number of hydrogen-bond acceptors (Lipinski definition) is 7. The standard InChI is InChI=1S/C26H22O7/c27-24(18-10-4-1-5-11-18)31-21-16-30-17-22(32-25(28)19-12-6-2-7-13-19)23(21)33-26(29)20-14-8-3-9-15-20/h1-15,21-23H,16-17H2. The summed E-state index contributed by atoms with van der Waals surface area (Å²) in [7, 11) is 0. The molecule has 7 heteroatoms. The molecule has 0 aromatic heterocycles. The summed E-state index contributed by atoms with van der Waals surface area (Å²) >= 11 is 0. The van der Waals surface area contributed by atoms with Gasteiger partial charge in [-0.15, -0.1) is 0 Å². The number of esters is 3. The minimum Gasteiger partial charge on any atom is -0.452 e. The van der Waals surface area contributed by atoms with E-state index in [2.05, 4.69) is 0 Å². The maximum atomic E-state index is 12.8. The van der Waals surface area contributed by atoms with Crippen LogP contribution in [0.1, 0.15) is 31.1 Å². The fraction of sp³-hybridized carbons (Fsp3) is 0.192. The van der Waals surface area contributed by atoms with E-state index in [1.807, 2.05) is 0 Å². The molecule has 0 bridgehead atoms. The van der Waals surface area contributed by atoms with Crippen LogP contribution in [0, 0.1) is 0 Å². The van der Waals surface area contributed by atoms with E-state index in [-0.39, 0.29) is 13.2 Å². The summed E-state index contributed by atoms with van der Waals surface area (Å²) in [6.45, 7) is -0.0185. The minimum absolute atomic E-state index is 0.00923. The van der Waals surface area contributed by atoms with Gasteiger partial charge in [0, 0.05) is 0 Å². The van der Waals surface area contributed by atoms with Crippen molar-refractivity contribution in [2.24, 2.45) is 0 Å². The van der Waals surface area contributed by atoms with Crippen LogP contribution < -0.4 is 0 Å². The van der Waals surface area contributed by atoms with E-state index in [9.17, 15) is 14.4 Å². The van der Waals surface area contributed by atoms with Gasteiger partial charge in [0.15, 0.2) is 18.3 Å². The van der Waals surface area contributed by atoms with Gasteiger partial charge < -0.3 is 18.9 Å². The van der Waals surface area contributed by atoms with Crippen LogP contribution in [0.25, 0.3) is 0 Å². The molecule has 1 saturated heterocycles. The van der Waals surface area contributed by atoms with E-state index in [4.69, 9.17) is 18.9 Å². The molecule has 0 radical (unpaired) electrons. The van der Waals surface area contributed by atoms with Gasteiger partial charge in [-0.25, -0.2) is 14.4 Å². The third-order valence-electron chi connectivity index (χ3n) is 5.09. The maximum Gasteiger partial charge on any atom is 0.338 e. The van der Waals surface area contributed by atoms with Crippen LogP contribution in [0.15, 0.2) is 91.0 Å². The number of ether oxygens (including phenoxy) is 4. The second-order valence-electron chi connectivity index (χ2n) is 7.39. The normalized spacial score (nSPS) is 19.8. The Morgan fingerprint density at radius 1 is 0.545 bits per heavy atom. The fourth-order valence-electron chi connectivity index (χ4n) is 3.41. The largest absolute Gasteiger partial charge is 0.452 e. The first kappa shape index (κ1) is 22.2. The second-order valence-corrected chi connectivity index (χ2v) is 7.39. The fourth-order valence-corrected chi connectivity index (χ4v) is 3.41. The Labute approximate surface area is 190 Å². The molecule has 0 saturated carbocycles. The molecular formula is C26H22O7. The topological polar surface area (TPSA) is 88.1 Å². The van der Waals surface area contributed by atoms with E-state index in [1.54, 1.807) is 91.0 Å². The summed E-state index contributed by atoms with van der Waals surface area (Å²) in [6, 6.07) is 25.3. The van der Waals surface area contributed by atoms with E-state index < -0.39 is 36.2 Å². The Bertz CT molecular complexity index is 1020. The lowest BCUT2D eigenvalue weighted by Gasteiger charge is -2.36. The molecule has 0 aliphatic carbocycles. The summed E-state index contributed by atoms with van der Waals surface area (Å²) in [5.74, 6) is -1.82. The summed E-state index contributed by atoms with van der Waals surface area (Å²) < 4.78 is 22.5. The van der Waals surface area contributed by atoms with Gasteiger partial charge in [-0.1, -0.05) is 54.6 Å². The SMILES string of the molecule is O=C(OC1COCC(OC(=O)c2ccccc2)C1OC(=O)c1ccccc1)c1ccccc1. The number of benzene rings is 3. The summed E-state index contributed by atoms with van der Waals surface area (Å²) in [5.41, 5.74) is 1.01. The first-order chi connectivity index (χ1) is 16.1. The van der Waals surface area contributed by atoms with Gasteiger partial charge >= 0.3 is 17.9 Å². The van der Waals surface area contributed by atoms with Gasteiger partial charge in [0.25, 0.3) is 0 Å². The maximum absolute atomic E-state index is 12.8. The highest BCUT2D eigenvalue weighted by Crippen LogP contribution is 2.22. The van der Waals surface area contributed by atoms with Crippen LogP contribution in [0.2, 0.25) is 0 Å². The lowest BCUT2D eigenvalue weighted by atomic mass is 10.1. The van der Waals surface area contributed by atoms with E-state index >= 15 is 0 Å². The smallest absolute Gasteiger partial charge is 0.338 e. The Morgan fingerprint density at radius 2 is 0.879 bits per heavy atom. The quantitative estimate of drug-likeness (QED) is 0.421. The molecule has 1 heterocycles. The Morgan fingerprint density at radius 3 is 1.24 bits per heavy atom. The molecule has 0 spiro atoms. The summed E-state index contributed by atoms with van der Waals surface area (Å²) in [4.78, 5) is 38.0. The van der Waals surface area contributed by atoms with Crippen molar-refractivity contribution in [2.75, 3.05) is 13.2 Å². The van der Waals surface area contributed by atoms with Gasteiger partial charge in [-0.2, -0.15) is 0 Å². The molecule has 0 N–H and O–H groups in total. The monoisotopic (exact) mass is 446 g/mol. The van der Waals surface area contributed by atoms with Crippen molar-refractivity contribution in [2.45, 2.75) is 18.3 Å². The van der Waals surface area contributed by atoms with Crippen molar-refractivity contribution >= 4 is 17.9 Å². The molecule has 2 unspecified atom stereocenters. The first-order valence-corrected chi connectivity index (χ1v) is 10.5. The van der Waals surface area contributed by atoms with E-state index in [1.165, 1.54) is 0 Å². The van der Waals surface area contributed by atoms with Gasteiger partial charge in [0.05, 0.1) is 29.9 Å². The summed E-state index contributed by atoms with van der Waals surface area (Å²) in [5, 5.41) is 0. The highest BCUT2D eigenvalue weighted by Gasteiger charge is 2.42. The number of hydrogen-bond donors (Lipinski definition) is 0. The third-order valence-corrected chi connectivity index (χ3v) is 5.09. The lowest BCUT2D eigenvalue weighted by molar-refractivity contribution is -0.157. The van der Waals surface area contributed by atoms with Gasteiger partial charge in [-0.05, 0) is 36.4 Å². The molecule has 33 heavy (non-hydrogen) atoms. The van der Waals surface area contributed by atoms with Gasteiger partial charge in [-0.3, -0.25) is 0 Å². The molecule has 2 atom stereocenters. The van der Waals surface area contributed by atoms with E-state index in [0.717, 1.165) is 0 Å². The van der Waals surface area contributed by atoms with Gasteiger partial charge in [0.2, 0.25) is 0 Å². The molecular weight excluding hydrogens is 424 g/mol. The van der Waals surface area contributed by atoms with Crippen LogP contribution >= 0.6 is 0 Å². The third kappa shape index (κ3) is 5.64. The summed E-state index contributed by atoms with van der Waals surface area (Å²) in [6.07, 6.45) is -2.98. The zero-order chi connectivity index (χ0) is 23.0. The molecule has 4 rings (SSSR count). The van der Waals surface area contributed by atoms with Crippen LogP contribution in [0.4, 0.5) is 0 Å². The van der Waals surface area contributed by atoms with Crippen molar-refractivity contribution in [1.82, 2.24) is 0 Å². The molecule has 1 aliphatic rings. The highest BCUT2D eigenvalue weighted by molar-refractivity contribution is 5.91. The predicted molar refractivity (Wildman–Crippen MR) is 118 cm³/mol. The second kappa shape index (κ2) is 10.6. The molecule has 1 fully saturated rings. The van der Waals surface area contributed by atoms with Crippen LogP contribution in [-0.2, 0) is 18.9 Å². The Balaban J connectivity index is 1.55. The van der Waals surface area contributed by atoms with Crippen molar-refractivity contribution in [3.05, 3.63) is 108 Å². The Hall–Kier alpha value is -3.97. The molecule has 3 aromatic carbocycles. The van der Waals surface area contributed by atoms with Crippen LogP contribution in [0.5, 0.6) is 0 Å².